The maximum Gasteiger partial charge on any atom is 0.332 e. The fourth-order valence-corrected chi connectivity index (χ4v) is 1.46. The Labute approximate surface area is 109 Å². The van der Waals surface area contributed by atoms with Crippen molar-refractivity contribution in [1.82, 2.24) is 0 Å². The summed E-state index contributed by atoms with van der Waals surface area (Å²) < 4.78 is 10.3. The normalized spacial score (nSPS) is 9.61. The van der Waals surface area contributed by atoms with Crippen molar-refractivity contribution >= 4 is 17.3 Å². The number of nitrogens with zero attached hydrogens (tertiary/aromatic N) is 2. The van der Waals surface area contributed by atoms with Crippen LogP contribution in [0.3, 0.4) is 0 Å². The molecule has 0 aromatic heterocycles. The van der Waals surface area contributed by atoms with Crippen molar-refractivity contribution in [2.75, 3.05) is 19.6 Å². The zero-order valence-corrected chi connectivity index (χ0v) is 10.4. The zero-order chi connectivity index (χ0) is 13.5. The Morgan fingerprint density at radius 3 is 2.78 bits per heavy atom. The molecule has 1 aromatic rings. The van der Waals surface area contributed by atoms with Crippen LogP contribution in [0.2, 0.25) is 0 Å². The second-order valence-electron chi connectivity index (χ2n) is 3.25. The van der Waals surface area contributed by atoms with Crippen LogP contribution in [0, 0.1) is 21.4 Å². The first-order valence-corrected chi connectivity index (χ1v) is 5.63. The van der Waals surface area contributed by atoms with Gasteiger partial charge in [-0.3, -0.25) is 10.1 Å². The lowest BCUT2D eigenvalue weighted by atomic mass is 10.1. The molecule has 0 unspecified atom stereocenters. The van der Waals surface area contributed by atoms with Gasteiger partial charge < -0.3 is 9.47 Å². The molecule has 7 heteroatoms. The fourth-order valence-electron chi connectivity index (χ4n) is 1.35. The summed E-state index contributed by atoms with van der Waals surface area (Å²) >= 11 is 5.50. The summed E-state index contributed by atoms with van der Waals surface area (Å²) in [5.41, 5.74) is -0.451. The van der Waals surface area contributed by atoms with Gasteiger partial charge >= 0.3 is 5.69 Å². The van der Waals surface area contributed by atoms with Crippen molar-refractivity contribution in [1.29, 1.82) is 5.26 Å². The topological polar surface area (TPSA) is 85.4 Å². The average Bonchev–Trinajstić information content (AvgIpc) is 2.37. The number of alkyl halides is 1. The quantitative estimate of drug-likeness (QED) is 0.343. The fraction of sp³-hybridized carbons (Fsp3) is 0.364. The van der Waals surface area contributed by atoms with Crippen LogP contribution in [0.15, 0.2) is 12.1 Å². The zero-order valence-electron chi connectivity index (χ0n) is 9.68. The summed E-state index contributed by atoms with van der Waals surface area (Å²) in [7, 11) is 1.37. The van der Waals surface area contributed by atoms with Crippen LogP contribution >= 0.6 is 11.6 Å². The van der Waals surface area contributed by atoms with Gasteiger partial charge in [-0.1, -0.05) is 0 Å². The van der Waals surface area contributed by atoms with Gasteiger partial charge in [0.15, 0.2) is 5.75 Å². The third-order valence-electron chi connectivity index (χ3n) is 2.14. The molecule has 0 atom stereocenters. The largest absolute Gasteiger partial charge is 0.493 e. The third-order valence-corrected chi connectivity index (χ3v) is 2.41. The number of rotatable bonds is 6. The predicted octanol–water partition coefficient (Wildman–Crippen LogP) is 2.48. The highest BCUT2D eigenvalue weighted by Crippen LogP contribution is 2.39. The van der Waals surface area contributed by atoms with Crippen LogP contribution in [0.5, 0.6) is 11.5 Å². The summed E-state index contributed by atoms with van der Waals surface area (Å²) in [6, 6.07) is 4.54. The van der Waals surface area contributed by atoms with E-state index in [2.05, 4.69) is 0 Å². The highest BCUT2D eigenvalue weighted by atomic mass is 35.5. The summed E-state index contributed by atoms with van der Waals surface area (Å²) in [5.74, 6) is 0.565. The lowest BCUT2D eigenvalue weighted by Gasteiger charge is -2.10. The van der Waals surface area contributed by atoms with Crippen LogP contribution in [0.4, 0.5) is 5.69 Å². The number of benzene rings is 1. The number of nitro groups is 1. The molecule has 0 aliphatic rings. The van der Waals surface area contributed by atoms with Crippen LogP contribution in [0.1, 0.15) is 12.0 Å². The molecule has 0 amide bonds. The number of ether oxygens (including phenoxy) is 2. The molecule has 1 aromatic carbocycles. The van der Waals surface area contributed by atoms with E-state index in [1.54, 1.807) is 6.07 Å². The molecule has 0 fully saturated rings. The van der Waals surface area contributed by atoms with Crippen LogP contribution in [-0.4, -0.2) is 24.5 Å². The number of hydrogen-bond acceptors (Lipinski definition) is 5. The van der Waals surface area contributed by atoms with Crippen molar-refractivity contribution < 1.29 is 14.4 Å². The summed E-state index contributed by atoms with van der Waals surface area (Å²) in [5, 5.41) is 19.9. The van der Waals surface area contributed by atoms with Gasteiger partial charge in [0.1, 0.15) is 11.6 Å². The number of methoxy groups -OCH3 is 1. The lowest BCUT2D eigenvalue weighted by molar-refractivity contribution is -0.386. The van der Waals surface area contributed by atoms with Crippen molar-refractivity contribution in [3.8, 4) is 17.6 Å². The smallest absolute Gasteiger partial charge is 0.332 e. The van der Waals surface area contributed by atoms with Gasteiger partial charge in [0.25, 0.3) is 0 Å². The predicted molar refractivity (Wildman–Crippen MR) is 65.2 cm³/mol. The van der Waals surface area contributed by atoms with Gasteiger partial charge in [0, 0.05) is 5.88 Å². The number of nitro benzene ring substituents is 1. The van der Waals surface area contributed by atoms with Crippen molar-refractivity contribution in [3.63, 3.8) is 0 Å². The molecule has 0 spiro atoms. The maximum atomic E-state index is 11.0. The van der Waals surface area contributed by atoms with Gasteiger partial charge in [-0.25, -0.2) is 0 Å². The molecular formula is C11H11ClN2O4. The first-order valence-electron chi connectivity index (χ1n) is 5.10. The molecule has 0 saturated carbocycles. The highest BCUT2D eigenvalue weighted by Gasteiger charge is 2.25. The molecular weight excluding hydrogens is 260 g/mol. The van der Waals surface area contributed by atoms with Crippen molar-refractivity contribution in [2.24, 2.45) is 0 Å². The van der Waals surface area contributed by atoms with E-state index in [4.69, 9.17) is 26.3 Å². The molecule has 0 heterocycles. The molecule has 0 radical (unpaired) electrons. The Morgan fingerprint density at radius 1 is 1.56 bits per heavy atom. The standard InChI is InChI=1S/C11H11ClN2O4/c1-17-9-4-3-8(7-13)10(14(15)16)11(9)18-6-2-5-12/h3-4H,2,5-6H2,1H3. The highest BCUT2D eigenvalue weighted by molar-refractivity contribution is 6.17. The second-order valence-corrected chi connectivity index (χ2v) is 3.63. The molecule has 18 heavy (non-hydrogen) atoms. The minimum Gasteiger partial charge on any atom is -0.493 e. The maximum absolute atomic E-state index is 11.0. The summed E-state index contributed by atoms with van der Waals surface area (Å²) in [6.07, 6.45) is 0.540. The number of nitriles is 1. The summed E-state index contributed by atoms with van der Waals surface area (Å²) in [6.45, 7) is 0.218. The van der Waals surface area contributed by atoms with Gasteiger partial charge in [-0.2, -0.15) is 5.26 Å². The number of halogens is 1. The van der Waals surface area contributed by atoms with E-state index in [-0.39, 0.29) is 29.4 Å². The van der Waals surface area contributed by atoms with E-state index < -0.39 is 4.92 Å². The van der Waals surface area contributed by atoms with E-state index in [0.717, 1.165) is 0 Å². The molecule has 0 saturated heterocycles. The molecule has 96 valence electrons. The van der Waals surface area contributed by atoms with Gasteiger partial charge in [0.05, 0.1) is 18.6 Å². The molecule has 0 aliphatic heterocycles. The van der Waals surface area contributed by atoms with E-state index in [0.29, 0.717) is 12.3 Å². The van der Waals surface area contributed by atoms with E-state index in [1.165, 1.54) is 19.2 Å². The monoisotopic (exact) mass is 270 g/mol. The Balaban J connectivity index is 3.23. The Kier molecular flexibility index (Phi) is 5.21. The van der Waals surface area contributed by atoms with Crippen LogP contribution in [0.25, 0.3) is 0 Å². The third kappa shape index (κ3) is 3.02. The first-order chi connectivity index (χ1) is 8.65. The first kappa shape index (κ1) is 14.1. The summed E-state index contributed by atoms with van der Waals surface area (Å²) in [4.78, 5) is 10.3. The molecule has 0 bridgehead atoms. The molecule has 0 aliphatic carbocycles. The Bertz CT molecular complexity index is 485. The van der Waals surface area contributed by atoms with E-state index in [1.807, 2.05) is 0 Å². The van der Waals surface area contributed by atoms with Crippen LogP contribution in [-0.2, 0) is 0 Å². The van der Waals surface area contributed by atoms with E-state index in [9.17, 15) is 10.1 Å². The minimum atomic E-state index is -0.656. The SMILES string of the molecule is COc1ccc(C#N)c([N+](=O)[O-])c1OCCCCl. The minimum absolute atomic E-state index is 0.0355. The molecule has 1 rings (SSSR count). The van der Waals surface area contributed by atoms with Crippen molar-refractivity contribution in [3.05, 3.63) is 27.8 Å². The van der Waals surface area contributed by atoms with E-state index >= 15 is 0 Å². The molecule has 0 N–H and O–H groups in total. The lowest BCUT2D eigenvalue weighted by Crippen LogP contribution is -2.04. The molecule has 6 nitrogen and oxygen atoms in total. The second kappa shape index (κ2) is 6.67. The van der Waals surface area contributed by atoms with Gasteiger partial charge in [-0.15, -0.1) is 11.6 Å². The number of hydrogen-bond donors (Lipinski definition) is 0. The van der Waals surface area contributed by atoms with Crippen LogP contribution < -0.4 is 9.47 Å². The van der Waals surface area contributed by atoms with Gasteiger partial charge in [0.2, 0.25) is 5.75 Å². The van der Waals surface area contributed by atoms with Crippen molar-refractivity contribution in [2.45, 2.75) is 6.42 Å². The Morgan fingerprint density at radius 2 is 2.28 bits per heavy atom. The Hall–Kier alpha value is -2.00. The average molecular weight is 271 g/mol. The van der Waals surface area contributed by atoms with Gasteiger partial charge in [-0.05, 0) is 18.6 Å².